The summed E-state index contributed by atoms with van der Waals surface area (Å²) in [7, 11) is 0. The number of hydrogen-bond donors (Lipinski definition) is 1. The molecular weight excluding hydrogens is 370 g/mol. The second kappa shape index (κ2) is 6.95. The molecule has 0 aromatic heterocycles. The van der Waals surface area contributed by atoms with E-state index in [2.05, 4.69) is 10.5 Å². The van der Waals surface area contributed by atoms with Crippen LogP contribution in [0.15, 0.2) is 47.6 Å². The summed E-state index contributed by atoms with van der Waals surface area (Å²) in [4.78, 5) is 0. The molecule has 2 aromatic carbocycles. The van der Waals surface area contributed by atoms with E-state index in [-0.39, 0.29) is 22.0 Å². The summed E-state index contributed by atoms with van der Waals surface area (Å²) in [5.41, 5.74) is 0.797. The molecular formula is C16H11ClF6N2. The van der Waals surface area contributed by atoms with Crippen molar-refractivity contribution in [2.24, 2.45) is 5.10 Å². The van der Waals surface area contributed by atoms with E-state index in [0.717, 1.165) is 30.3 Å². The monoisotopic (exact) mass is 380 g/mol. The van der Waals surface area contributed by atoms with E-state index in [1.54, 1.807) is 0 Å². The van der Waals surface area contributed by atoms with E-state index in [0.29, 0.717) is 0 Å². The molecule has 0 spiro atoms. The number of hydrogen-bond acceptors (Lipinski definition) is 2. The second-order valence-electron chi connectivity index (χ2n) is 5.08. The quantitative estimate of drug-likeness (QED) is 0.382. The van der Waals surface area contributed by atoms with Crippen LogP contribution in [0.1, 0.15) is 23.6 Å². The van der Waals surface area contributed by atoms with Crippen LogP contribution in [0.25, 0.3) is 0 Å². The summed E-state index contributed by atoms with van der Waals surface area (Å²) in [6.45, 7) is 1.42. The molecule has 0 amide bonds. The van der Waals surface area contributed by atoms with E-state index < -0.39 is 23.5 Å². The number of halogens is 7. The Bertz CT molecular complexity index is 796. The fourth-order valence-corrected chi connectivity index (χ4v) is 2.08. The third kappa shape index (κ3) is 4.88. The molecule has 2 rings (SSSR count). The largest absolute Gasteiger partial charge is 0.416 e. The van der Waals surface area contributed by atoms with Gasteiger partial charge in [0.25, 0.3) is 0 Å². The maximum absolute atomic E-state index is 12.7. The molecule has 0 aliphatic carbocycles. The number of nitrogens with zero attached hydrogens (tertiary/aromatic N) is 1. The van der Waals surface area contributed by atoms with Gasteiger partial charge < -0.3 is 0 Å². The molecule has 0 aliphatic heterocycles. The highest BCUT2D eigenvalue weighted by atomic mass is 35.5. The van der Waals surface area contributed by atoms with Crippen molar-refractivity contribution in [2.75, 3.05) is 5.43 Å². The number of alkyl halides is 6. The van der Waals surface area contributed by atoms with Gasteiger partial charge in [0.15, 0.2) is 0 Å². The van der Waals surface area contributed by atoms with E-state index >= 15 is 0 Å². The Morgan fingerprint density at radius 3 is 2.12 bits per heavy atom. The van der Waals surface area contributed by atoms with Crippen LogP contribution < -0.4 is 5.43 Å². The highest BCUT2D eigenvalue weighted by Gasteiger charge is 2.31. The van der Waals surface area contributed by atoms with Crippen LogP contribution in [-0.2, 0) is 12.4 Å². The lowest BCUT2D eigenvalue weighted by Gasteiger charge is -2.11. The van der Waals surface area contributed by atoms with Crippen LogP contribution in [0.5, 0.6) is 0 Å². The van der Waals surface area contributed by atoms with Gasteiger partial charge in [-0.3, -0.25) is 5.43 Å². The Morgan fingerprint density at radius 1 is 0.920 bits per heavy atom. The van der Waals surface area contributed by atoms with Gasteiger partial charge in [0, 0.05) is 0 Å². The van der Waals surface area contributed by atoms with Crippen molar-refractivity contribution in [3.63, 3.8) is 0 Å². The number of hydrazone groups is 1. The second-order valence-corrected chi connectivity index (χ2v) is 5.49. The Kier molecular flexibility index (Phi) is 5.31. The molecule has 2 nitrogen and oxygen atoms in total. The van der Waals surface area contributed by atoms with Crippen molar-refractivity contribution in [2.45, 2.75) is 19.3 Å². The smallest absolute Gasteiger partial charge is 0.277 e. The lowest BCUT2D eigenvalue weighted by atomic mass is 10.1. The van der Waals surface area contributed by atoms with Gasteiger partial charge in [-0.1, -0.05) is 23.7 Å². The topological polar surface area (TPSA) is 24.4 Å². The molecule has 0 atom stereocenters. The molecule has 134 valence electrons. The van der Waals surface area contributed by atoms with Crippen LogP contribution in [0.3, 0.4) is 0 Å². The Labute approximate surface area is 144 Å². The molecule has 0 unspecified atom stereocenters. The summed E-state index contributed by atoms with van der Waals surface area (Å²) >= 11 is 5.81. The predicted octanol–water partition coefficient (Wildman–Crippen LogP) is 6.21. The fourth-order valence-electron chi connectivity index (χ4n) is 1.92. The first-order valence-electron chi connectivity index (χ1n) is 6.83. The van der Waals surface area contributed by atoms with Crippen molar-refractivity contribution in [3.05, 3.63) is 64.2 Å². The predicted molar refractivity (Wildman–Crippen MR) is 83.7 cm³/mol. The lowest BCUT2D eigenvalue weighted by Crippen LogP contribution is -2.08. The zero-order chi connectivity index (χ0) is 18.8. The van der Waals surface area contributed by atoms with Gasteiger partial charge in [-0.25, -0.2) is 0 Å². The highest BCUT2D eigenvalue weighted by molar-refractivity contribution is 6.33. The Morgan fingerprint density at radius 2 is 1.52 bits per heavy atom. The molecule has 0 fully saturated rings. The van der Waals surface area contributed by atoms with Gasteiger partial charge in [0.2, 0.25) is 0 Å². The molecule has 0 aliphatic rings. The number of rotatable bonds is 3. The molecule has 0 heterocycles. The van der Waals surface area contributed by atoms with Crippen LogP contribution in [0.2, 0.25) is 5.02 Å². The van der Waals surface area contributed by atoms with Gasteiger partial charge in [-0.05, 0) is 42.8 Å². The summed E-state index contributed by atoms with van der Waals surface area (Å²) < 4.78 is 76.3. The normalized spacial score (nSPS) is 13.0. The summed E-state index contributed by atoms with van der Waals surface area (Å²) in [6, 6.07) is 7.07. The molecule has 25 heavy (non-hydrogen) atoms. The third-order valence-electron chi connectivity index (χ3n) is 3.25. The van der Waals surface area contributed by atoms with Crippen molar-refractivity contribution >= 4 is 23.0 Å². The maximum Gasteiger partial charge on any atom is 0.416 e. The SMILES string of the molecule is CC(=NNc1cc(C(F)(F)F)ccc1Cl)c1cccc(C(F)(F)F)c1. The first-order valence-corrected chi connectivity index (χ1v) is 7.21. The van der Waals surface area contributed by atoms with Crippen LogP contribution >= 0.6 is 11.6 Å². The van der Waals surface area contributed by atoms with Crippen molar-refractivity contribution in [1.29, 1.82) is 0 Å². The minimum absolute atomic E-state index is 0.00593. The molecule has 2 aromatic rings. The number of nitrogens with one attached hydrogen (secondary N) is 1. The van der Waals surface area contributed by atoms with Gasteiger partial charge in [0.05, 0.1) is 27.5 Å². The highest BCUT2D eigenvalue weighted by Crippen LogP contribution is 2.34. The van der Waals surface area contributed by atoms with Crippen LogP contribution in [0.4, 0.5) is 32.0 Å². The van der Waals surface area contributed by atoms with Crippen LogP contribution in [-0.4, -0.2) is 5.71 Å². The van der Waals surface area contributed by atoms with E-state index in [4.69, 9.17) is 11.6 Å². The summed E-state index contributed by atoms with van der Waals surface area (Å²) in [5.74, 6) is 0. The molecule has 9 heteroatoms. The van der Waals surface area contributed by atoms with E-state index in [1.807, 2.05) is 0 Å². The zero-order valence-corrected chi connectivity index (χ0v) is 13.4. The third-order valence-corrected chi connectivity index (χ3v) is 3.58. The van der Waals surface area contributed by atoms with Crippen molar-refractivity contribution in [1.82, 2.24) is 0 Å². The Hall–Kier alpha value is -2.22. The minimum Gasteiger partial charge on any atom is -0.277 e. The number of anilines is 1. The molecule has 0 bridgehead atoms. The summed E-state index contributed by atoms with van der Waals surface area (Å²) in [6.07, 6.45) is -9.06. The molecule has 0 saturated carbocycles. The van der Waals surface area contributed by atoms with Gasteiger partial charge in [-0.2, -0.15) is 31.4 Å². The van der Waals surface area contributed by atoms with Crippen molar-refractivity contribution < 1.29 is 26.3 Å². The molecule has 0 radical (unpaired) electrons. The summed E-state index contributed by atoms with van der Waals surface area (Å²) in [5, 5.41) is 3.81. The maximum atomic E-state index is 12.7. The van der Waals surface area contributed by atoms with Gasteiger partial charge in [0.1, 0.15) is 0 Å². The molecule has 1 N–H and O–H groups in total. The lowest BCUT2D eigenvalue weighted by molar-refractivity contribution is -0.138. The number of benzene rings is 2. The first kappa shape index (κ1) is 19.1. The van der Waals surface area contributed by atoms with E-state index in [9.17, 15) is 26.3 Å². The first-order chi connectivity index (χ1) is 11.5. The fraction of sp³-hybridized carbons (Fsp3) is 0.188. The van der Waals surface area contributed by atoms with E-state index in [1.165, 1.54) is 19.1 Å². The zero-order valence-electron chi connectivity index (χ0n) is 12.6. The Balaban J connectivity index is 2.28. The average molecular weight is 381 g/mol. The van der Waals surface area contributed by atoms with Gasteiger partial charge in [-0.15, -0.1) is 0 Å². The standard InChI is InChI=1S/C16H11ClF6N2/c1-9(10-3-2-4-11(7-10)15(18,19)20)24-25-14-8-12(16(21,22)23)5-6-13(14)17/h2-8,25H,1H3. The van der Waals surface area contributed by atoms with Crippen LogP contribution in [0, 0.1) is 0 Å². The van der Waals surface area contributed by atoms with Gasteiger partial charge >= 0.3 is 12.4 Å². The van der Waals surface area contributed by atoms with Crippen molar-refractivity contribution in [3.8, 4) is 0 Å². The average Bonchev–Trinajstić information content (AvgIpc) is 2.52. The minimum atomic E-state index is -4.55. The molecule has 0 saturated heterocycles.